The maximum absolute atomic E-state index is 5.42. The molecule has 0 spiro atoms. The van der Waals surface area contributed by atoms with E-state index in [4.69, 9.17) is 4.52 Å². The lowest BCUT2D eigenvalue weighted by molar-refractivity contribution is 0.168. The summed E-state index contributed by atoms with van der Waals surface area (Å²) in [5, 5.41) is 7.52. The number of hydrogen-bond acceptors (Lipinski definition) is 4. The molecule has 0 amide bonds. The molecular weight excluding hydrogens is 238 g/mol. The van der Waals surface area contributed by atoms with Gasteiger partial charge in [0.05, 0.1) is 12.2 Å². The monoisotopic (exact) mass is 265 g/mol. The Morgan fingerprint density at radius 1 is 1.42 bits per heavy atom. The quantitative estimate of drug-likeness (QED) is 0.858. The van der Waals surface area contributed by atoms with Crippen LogP contribution >= 0.6 is 0 Å². The summed E-state index contributed by atoms with van der Waals surface area (Å²) in [5.41, 5.74) is 1.01. The van der Waals surface area contributed by atoms with Crippen LogP contribution in [0.5, 0.6) is 0 Å². The van der Waals surface area contributed by atoms with Gasteiger partial charge in [-0.2, -0.15) is 0 Å². The van der Waals surface area contributed by atoms with Crippen molar-refractivity contribution in [1.82, 2.24) is 15.4 Å². The highest BCUT2D eigenvalue weighted by molar-refractivity contribution is 5.05. The SMILES string of the molecule is CC(C)CNCc1cc(CN2CCC(C)CC2)on1. The fraction of sp³-hybridized carbons (Fsp3) is 0.800. The molecule has 0 saturated carbocycles. The minimum Gasteiger partial charge on any atom is -0.360 e. The van der Waals surface area contributed by atoms with Gasteiger partial charge in [0.1, 0.15) is 0 Å². The van der Waals surface area contributed by atoms with Gasteiger partial charge in [-0.1, -0.05) is 25.9 Å². The van der Waals surface area contributed by atoms with Crippen molar-refractivity contribution in [2.24, 2.45) is 11.8 Å². The number of rotatable bonds is 6. The van der Waals surface area contributed by atoms with Crippen molar-refractivity contribution in [3.05, 3.63) is 17.5 Å². The number of piperidine rings is 1. The summed E-state index contributed by atoms with van der Waals surface area (Å²) in [6.45, 7) is 11.8. The Bertz CT molecular complexity index is 367. The molecule has 0 unspecified atom stereocenters. The lowest BCUT2D eigenvalue weighted by Gasteiger charge is -2.29. The van der Waals surface area contributed by atoms with Gasteiger partial charge in [0.2, 0.25) is 0 Å². The standard InChI is InChI=1S/C15H27N3O/c1-12(2)9-16-10-14-8-15(19-17-14)11-18-6-4-13(3)5-7-18/h8,12-13,16H,4-7,9-11H2,1-3H3. The van der Waals surface area contributed by atoms with Crippen LogP contribution in [-0.2, 0) is 13.1 Å². The van der Waals surface area contributed by atoms with Gasteiger partial charge < -0.3 is 9.84 Å². The van der Waals surface area contributed by atoms with Crippen LogP contribution in [-0.4, -0.2) is 29.7 Å². The molecular formula is C15H27N3O. The van der Waals surface area contributed by atoms with E-state index in [-0.39, 0.29) is 0 Å². The van der Waals surface area contributed by atoms with Gasteiger partial charge in [-0.3, -0.25) is 4.90 Å². The van der Waals surface area contributed by atoms with E-state index in [9.17, 15) is 0 Å². The second kappa shape index (κ2) is 7.06. The van der Waals surface area contributed by atoms with Crippen LogP contribution in [0.15, 0.2) is 10.6 Å². The molecule has 1 aliphatic rings. The summed E-state index contributed by atoms with van der Waals surface area (Å²) in [6.07, 6.45) is 2.61. The maximum atomic E-state index is 5.42. The Morgan fingerprint density at radius 2 is 2.16 bits per heavy atom. The van der Waals surface area contributed by atoms with Crippen molar-refractivity contribution in [1.29, 1.82) is 0 Å². The van der Waals surface area contributed by atoms with Crippen LogP contribution in [0, 0.1) is 11.8 Å². The van der Waals surface area contributed by atoms with Gasteiger partial charge in [-0.15, -0.1) is 0 Å². The van der Waals surface area contributed by atoms with Crippen LogP contribution in [0.1, 0.15) is 45.1 Å². The molecule has 0 atom stereocenters. The molecule has 1 N–H and O–H groups in total. The highest BCUT2D eigenvalue weighted by Gasteiger charge is 2.17. The number of aromatic nitrogens is 1. The molecule has 2 rings (SSSR count). The van der Waals surface area contributed by atoms with Crippen LogP contribution in [0.4, 0.5) is 0 Å². The predicted molar refractivity (Wildman–Crippen MR) is 76.7 cm³/mol. The Labute approximate surface area is 116 Å². The van der Waals surface area contributed by atoms with Gasteiger partial charge in [0, 0.05) is 12.6 Å². The zero-order valence-corrected chi connectivity index (χ0v) is 12.5. The molecule has 0 bridgehead atoms. The van der Waals surface area contributed by atoms with Gasteiger partial charge in [0.15, 0.2) is 5.76 Å². The van der Waals surface area contributed by atoms with Crippen molar-refractivity contribution in [3.8, 4) is 0 Å². The third kappa shape index (κ3) is 4.96. The number of nitrogens with one attached hydrogen (secondary N) is 1. The van der Waals surface area contributed by atoms with Gasteiger partial charge in [0.25, 0.3) is 0 Å². The summed E-state index contributed by atoms with van der Waals surface area (Å²) < 4.78 is 5.42. The van der Waals surface area contributed by atoms with Crippen molar-refractivity contribution < 1.29 is 4.52 Å². The second-order valence-corrected chi connectivity index (χ2v) is 6.27. The van der Waals surface area contributed by atoms with Crippen molar-refractivity contribution in [2.45, 2.75) is 46.7 Å². The van der Waals surface area contributed by atoms with Crippen LogP contribution in [0.25, 0.3) is 0 Å². The first kappa shape index (κ1) is 14.5. The van der Waals surface area contributed by atoms with E-state index in [0.29, 0.717) is 5.92 Å². The Kier molecular flexibility index (Phi) is 5.40. The van der Waals surface area contributed by atoms with Crippen LogP contribution in [0.2, 0.25) is 0 Å². The van der Waals surface area contributed by atoms with Crippen molar-refractivity contribution in [2.75, 3.05) is 19.6 Å². The summed E-state index contributed by atoms with van der Waals surface area (Å²) in [5.74, 6) is 2.54. The fourth-order valence-electron chi connectivity index (χ4n) is 2.44. The molecule has 19 heavy (non-hydrogen) atoms. The topological polar surface area (TPSA) is 41.3 Å². The van der Waals surface area contributed by atoms with E-state index >= 15 is 0 Å². The van der Waals surface area contributed by atoms with E-state index in [1.54, 1.807) is 0 Å². The highest BCUT2D eigenvalue weighted by Crippen LogP contribution is 2.18. The Morgan fingerprint density at radius 3 is 2.84 bits per heavy atom. The van der Waals surface area contributed by atoms with Gasteiger partial charge in [-0.05, 0) is 44.3 Å². The predicted octanol–water partition coefficient (Wildman–Crippen LogP) is 2.65. The molecule has 1 fully saturated rings. The first-order chi connectivity index (χ1) is 9.13. The summed E-state index contributed by atoms with van der Waals surface area (Å²) in [4.78, 5) is 2.46. The lowest BCUT2D eigenvalue weighted by Crippen LogP contribution is -2.32. The third-order valence-electron chi connectivity index (χ3n) is 3.72. The molecule has 1 aromatic heterocycles. The maximum Gasteiger partial charge on any atom is 0.151 e. The van der Waals surface area contributed by atoms with Gasteiger partial charge >= 0.3 is 0 Å². The largest absolute Gasteiger partial charge is 0.360 e. The molecule has 4 nitrogen and oxygen atoms in total. The zero-order valence-electron chi connectivity index (χ0n) is 12.5. The Balaban J connectivity index is 1.74. The minimum absolute atomic E-state index is 0.668. The molecule has 4 heteroatoms. The minimum atomic E-state index is 0.668. The van der Waals surface area contributed by atoms with E-state index in [0.717, 1.165) is 37.0 Å². The van der Waals surface area contributed by atoms with E-state index in [2.05, 4.69) is 42.2 Å². The van der Waals surface area contributed by atoms with E-state index < -0.39 is 0 Å². The molecule has 0 aliphatic carbocycles. The smallest absolute Gasteiger partial charge is 0.151 e. The lowest BCUT2D eigenvalue weighted by atomic mass is 9.99. The molecule has 2 heterocycles. The molecule has 0 aromatic carbocycles. The summed E-state index contributed by atoms with van der Waals surface area (Å²) in [6, 6.07) is 2.09. The average Bonchev–Trinajstić information content (AvgIpc) is 2.79. The number of likely N-dealkylation sites (tertiary alicyclic amines) is 1. The Hall–Kier alpha value is -0.870. The van der Waals surface area contributed by atoms with E-state index in [1.807, 2.05) is 0 Å². The number of hydrogen-bond donors (Lipinski definition) is 1. The summed E-state index contributed by atoms with van der Waals surface area (Å²) >= 11 is 0. The van der Waals surface area contributed by atoms with Crippen molar-refractivity contribution in [3.63, 3.8) is 0 Å². The first-order valence-electron chi connectivity index (χ1n) is 7.51. The normalized spacial score (nSPS) is 18.3. The van der Waals surface area contributed by atoms with Crippen LogP contribution in [0.3, 0.4) is 0 Å². The molecule has 0 radical (unpaired) electrons. The van der Waals surface area contributed by atoms with E-state index in [1.165, 1.54) is 25.9 Å². The molecule has 1 saturated heterocycles. The fourth-order valence-corrected chi connectivity index (χ4v) is 2.44. The van der Waals surface area contributed by atoms with Crippen molar-refractivity contribution >= 4 is 0 Å². The third-order valence-corrected chi connectivity index (χ3v) is 3.72. The first-order valence-corrected chi connectivity index (χ1v) is 7.51. The van der Waals surface area contributed by atoms with Crippen LogP contribution < -0.4 is 5.32 Å². The molecule has 1 aromatic rings. The molecule has 108 valence electrons. The number of nitrogens with zero attached hydrogens (tertiary/aromatic N) is 2. The summed E-state index contributed by atoms with van der Waals surface area (Å²) in [7, 11) is 0. The van der Waals surface area contributed by atoms with Gasteiger partial charge in [-0.25, -0.2) is 0 Å². The molecule has 1 aliphatic heterocycles. The average molecular weight is 265 g/mol. The highest BCUT2D eigenvalue weighted by atomic mass is 16.5. The second-order valence-electron chi connectivity index (χ2n) is 6.27. The zero-order chi connectivity index (χ0) is 13.7.